The predicted octanol–water partition coefficient (Wildman–Crippen LogP) is 5.21. The molecule has 0 amide bonds. The van der Waals surface area contributed by atoms with Crippen LogP contribution in [0.4, 0.5) is 0 Å². The normalized spacial score (nSPS) is 33.7. The Morgan fingerprint density at radius 2 is 2.03 bits per heavy atom. The van der Waals surface area contributed by atoms with Crippen LogP contribution in [0.5, 0.6) is 0 Å². The van der Waals surface area contributed by atoms with Crippen LogP contribution in [0.2, 0.25) is 0 Å². The van der Waals surface area contributed by atoms with E-state index in [1.807, 2.05) is 13.0 Å². The first-order chi connectivity index (χ1) is 17.3. The Labute approximate surface area is 215 Å². The fourth-order valence-corrected chi connectivity index (χ4v) is 8.44. The lowest BCUT2D eigenvalue weighted by Crippen LogP contribution is -2.46. The molecule has 0 bridgehead atoms. The lowest BCUT2D eigenvalue weighted by Gasteiger charge is -2.52. The molecule has 7 atom stereocenters. The molecule has 0 aromatic carbocycles. The van der Waals surface area contributed by atoms with Crippen LogP contribution < -0.4 is 0 Å². The Hall–Kier alpha value is -1.86. The van der Waals surface area contributed by atoms with Gasteiger partial charge in [0.1, 0.15) is 17.6 Å². The van der Waals surface area contributed by atoms with E-state index in [4.69, 9.17) is 4.74 Å². The van der Waals surface area contributed by atoms with Crippen molar-refractivity contribution in [1.29, 1.82) is 0 Å². The van der Waals surface area contributed by atoms with Crippen molar-refractivity contribution >= 4 is 16.8 Å². The Morgan fingerprint density at radius 3 is 2.81 bits per heavy atom. The Kier molecular flexibility index (Phi) is 7.51. The highest BCUT2D eigenvalue weighted by Crippen LogP contribution is 2.62. The summed E-state index contributed by atoms with van der Waals surface area (Å²) in [5.41, 5.74) is 0.942. The van der Waals surface area contributed by atoms with Gasteiger partial charge in [0.25, 0.3) is 0 Å². The van der Waals surface area contributed by atoms with Crippen LogP contribution >= 0.6 is 0 Å². The molecule has 0 spiro atoms. The van der Waals surface area contributed by atoms with Gasteiger partial charge < -0.3 is 9.84 Å². The van der Waals surface area contributed by atoms with Gasteiger partial charge in [0.2, 0.25) is 0 Å². The third-order valence-electron chi connectivity index (χ3n) is 10.00. The zero-order valence-corrected chi connectivity index (χ0v) is 22.4. The van der Waals surface area contributed by atoms with Gasteiger partial charge in [-0.25, -0.2) is 0 Å². The van der Waals surface area contributed by atoms with Crippen molar-refractivity contribution in [3.05, 3.63) is 18.5 Å². The zero-order chi connectivity index (χ0) is 25.3. The molecule has 0 radical (unpaired) electrons. The lowest BCUT2D eigenvalue weighted by atomic mass is 9.53. The van der Waals surface area contributed by atoms with Crippen LogP contribution in [0.25, 0.3) is 11.0 Å². The summed E-state index contributed by atoms with van der Waals surface area (Å²) < 4.78 is 5.67. The molecule has 1 N–H and O–H groups in total. The van der Waals surface area contributed by atoms with Crippen molar-refractivity contribution in [1.82, 2.24) is 20.0 Å². The third-order valence-corrected chi connectivity index (χ3v) is 10.00. The third kappa shape index (κ3) is 4.98. The molecule has 3 saturated carbocycles. The molecule has 0 aliphatic heterocycles. The first kappa shape index (κ1) is 25.8. The summed E-state index contributed by atoms with van der Waals surface area (Å²) in [6.45, 7) is 7.92. The molecule has 2 aromatic rings. The summed E-state index contributed by atoms with van der Waals surface area (Å²) >= 11 is 0. The molecule has 3 fully saturated rings. The quantitative estimate of drug-likeness (QED) is 0.485. The molecule has 3 aliphatic carbocycles. The van der Waals surface area contributed by atoms with Gasteiger partial charge in [0, 0.05) is 18.7 Å². The second-order valence-corrected chi connectivity index (χ2v) is 12.3. The summed E-state index contributed by atoms with van der Waals surface area (Å²) in [6.07, 6.45) is 14.3. The number of Topliss-reactive ketones (excluding diaryl/α,β-unsaturated/α-hetero) is 1. The molecule has 2 aromatic heterocycles. The minimum atomic E-state index is -0.683. The predicted molar refractivity (Wildman–Crippen MR) is 139 cm³/mol. The molecular formula is C29H44N4O3. The number of pyridine rings is 1. The maximum Gasteiger partial charge on any atom is 0.159 e. The van der Waals surface area contributed by atoms with Crippen molar-refractivity contribution in [3.8, 4) is 0 Å². The number of fused-ring (bicyclic) bond motifs is 4. The number of aliphatic hydroxyl groups is 1. The zero-order valence-electron chi connectivity index (χ0n) is 22.4. The van der Waals surface area contributed by atoms with E-state index in [1.54, 1.807) is 17.2 Å². The van der Waals surface area contributed by atoms with Crippen molar-refractivity contribution in [2.75, 3.05) is 13.2 Å². The Morgan fingerprint density at radius 1 is 1.19 bits per heavy atom. The summed E-state index contributed by atoms with van der Waals surface area (Å²) in [4.78, 5) is 19.2. The molecule has 7 nitrogen and oxygen atoms in total. The number of ether oxygens (including phenoxy) is 1. The van der Waals surface area contributed by atoms with Gasteiger partial charge in [-0.3, -0.25) is 9.78 Å². The highest BCUT2D eigenvalue weighted by atomic mass is 16.5. The minimum absolute atomic E-state index is 0.0944. The van der Waals surface area contributed by atoms with E-state index in [0.717, 1.165) is 55.0 Å². The maximum atomic E-state index is 13.5. The van der Waals surface area contributed by atoms with Gasteiger partial charge in [-0.15, -0.1) is 0 Å². The van der Waals surface area contributed by atoms with E-state index >= 15 is 0 Å². The number of ketones is 1. The SMILES string of the molecule is CCC[C@](O)(COCC)C[C@@H]1CC[C@@H]2[C@H](CC[C@]3(C)[C@@H](C(=O)Cn4nc5ccncc5n4)CC[C@@H]23)C1. The Balaban J connectivity index is 1.22. The topological polar surface area (TPSA) is 90.1 Å². The molecule has 3 aliphatic rings. The van der Waals surface area contributed by atoms with Crippen LogP contribution in [0.1, 0.15) is 85.0 Å². The van der Waals surface area contributed by atoms with Gasteiger partial charge in [-0.2, -0.15) is 15.0 Å². The number of nitrogens with zero attached hydrogens (tertiary/aromatic N) is 4. The van der Waals surface area contributed by atoms with Crippen molar-refractivity contribution < 1.29 is 14.6 Å². The fraction of sp³-hybridized carbons (Fsp3) is 0.793. The standard InChI is InChI=1S/C29H44N4O3/c1-4-12-29(35,19-36-5-2)16-20-6-7-22-21(15-20)10-13-28(3)23(22)8-9-24(28)27(34)18-33-31-25-11-14-30-17-26(25)32-33/h11,14,17,20-24,35H,4-10,12-13,15-16,18-19H2,1-3H3/t20-,21-,22-,23+,24-,28+,29-/m1/s1. The average molecular weight is 497 g/mol. The summed E-state index contributed by atoms with van der Waals surface area (Å²) in [6, 6.07) is 1.84. The lowest BCUT2D eigenvalue weighted by molar-refractivity contribution is -0.130. The number of hydrogen-bond donors (Lipinski definition) is 1. The summed E-state index contributed by atoms with van der Waals surface area (Å²) in [5, 5.41) is 20.2. The van der Waals surface area contributed by atoms with Gasteiger partial charge in [-0.1, -0.05) is 26.7 Å². The van der Waals surface area contributed by atoms with Gasteiger partial charge in [-0.05, 0) is 93.4 Å². The van der Waals surface area contributed by atoms with Crippen molar-refractivity contribution in [3.63, 3.8) is 0 Å². The molecule has 2 heterocycles. The van der Waals surface area contributed by atoms with Crippen LogP contribution in [0, 0.1) is 35.0 Å². The number of hydrogen-bond acceptors (Lipinski definition) is 6. The molecule has 0 unspecified atom stereocenters. The molecule has 0 saturated heterocycles. The molecule has 5 rings (SSSR count). The Bertz CT molecular complexity index is 1020. The molecule has 198 valence electrons. The van der Waals surface area contributed by atoms with Crippen molar-refractivity contribution in [2.24, 2.45) is 35.0 Å². The monoisotopic (exact) mass is 496 g/mol. The highest BCUT2D eigenvalue weighted by Gasteiger charge is 2.56. The number of carbonyl (C=O) groups excluding carboxylic acids is 1. The van der Waals surface area contributed by atoms with Gasteiger partial charge in [0.15, 0.2) is 5.78 Å². The van der Waals surface area contributed by atoms with Crippen molar-refractivity contribution in [2.45, 2.75) is 97.1 Å². The average Bonchev–Trinajstić information content (AvgIpc) is 3.43. The molecule has 36 heavy (non-hydrogen) atoms. The number of carbonyl (C=O) groups is 1. The van der Waals surface area contributed by atoms with E-state index in [2.05, 4.69) is 29.0 Å². The van der Waals surface area contributed by atoms with Crippen LogP contribution in [-0.2, 0) is 16.1 Å². The fourth-order valence-electron chi connectivity index (χ4n) is 8.44. The number of aromatic nitrogens is 4. The van der Waals surface area contributed by atoms with Crippen LogP contribution in [-0.4, -0.2) is 49.7 Å². The molecule has 7 heteroatoms. The summed E-state index contributed by atoms with van der Waals surface area (Å²) in [5.74, 6) is 3.08. The van der Waals surface area contributed by atoms with E-state index in [9.17, 15) is 9.90 Å². The van der Waals surface area contributed by atoms with Crippen LogP contribution in [0.3, 0.4) is 0 Å². The minimum Gasteiger partial charge on any atom is -0.387 e. The largest absolute Gasteiger partial charge is 0.387 e. The van der Waals surface area contributed by atoms with E-state index in [-0.39, 0.29) is 17.9 Å². The van der Waals surface area contributed by atoms with E-state index in [0.29, 0.717) is 30.8 Å². The highest BCUT2D eigenvalue weighted by molar-refractivity contribution is 5.82. The second-order valence-electron chi connectivity index (χ2n) is 12.3. The second kappa shape index (κ2) is 10.5. The van der Waals surface area contributed by atoms with Gasteiger partial charge in [0.05, 0.1) is 18.4 Å². The number of rotatable bonds is 10. The summed E-state index contributed by atoms with van der Waals surface area (Å²) in [7, 11) is 0. The van der Waals surface area contributed by atoms with E-state index < -0.39 is 5.60 Å². The first-order valence-electron chi connectivity index (χ1n) is 14.3. The van der Waals surface area contributed by atoms with E-state index in [1.165, 1.54) is 32.1 Å². The maximum absolute atomic E-state index is 13.5. The smallest absolute Gasteiger partial charge is 0.159 e. The van der Waals surface area contributed by atoms with Crippen LogP contribution in [0.15, 0.2) is 18.5 Å². The first-order valence-corrected chi connectivity index (χ1v) is 14.3. The van der Waals surface area contributed by atoms with Gasteiger partial charge >= 0.3 is 0 Å². The molecular weight excluding hydrogens is 452 g/mol.